The molecule has 27 heavy (non-hydrogen) atoms. The van der Waals surface area contributed by atoms with Gasteiger partial charge in [-0.25, -0.2) is 4.98 Å². The van der Waals surface area contributed by atoms with E-state index in [9.17, 15) is 4.79 Å². The molecule has 0 spiro atoms. The van der Waals surface area contributed by atoms with Crippen molar-refractivity contribution in [1.82, 2.24) is 14.8 Å². The summed E-state index contributed by atoms with van der Waals surface area (Å²) in [6.07, 6.45) is 0. The third kappa shape index (κ3) is 3.73. The highest BCUT2D eigenvalue weighted by molar-refractivity contribution is 7.20. The van der Waals surface area contributed by atoms with Crippen LogP contribution in [0.1, 0.15) is 18.2 Å². The first kappa shape index (κ1) is 18.1. The number of fused-ring (bicyclic) bond motifs is 1. The summed E-state index contributed by atoms with van der Waals surface area (Å²) in [5, 5.41) is 6.20. The first-order chi connectivity index (χ1) is 13.1. The number of H-pyrrole nitrogens is 1. The molecule has 3 heterocycles. The third-order valence-electron chi connectivity index (χ3n) is 5.13. The molecule has 0 bridgehead atoms. The van der Waals surface area contributed by atoms with Crippen molar-refractivity contribution in [3.8, 4) is 5.13 Å². The molecular formula is C19H26N6OS+2. The van der Waals surface area contributed by atoms with Gasteiger partial charge < -0.3 is 10.2 Å². The molecule has 0 radical (unpaired) electrons. The number of rotatable bonds is 5. The molecule has 0 atom stereocenters. The predicted molar refractivity (Wildman–Crippen MR) is 109 cm³/mol. The zero-order valence-electron chi connectivity index (χ0n) is 15.8. The number of benzene rings is 1. The Morgan fingerprint density at radius 3 is 2.93 bits per heavy atom. The number of thiazole rings is 1. The molecule has 1 aliphatic heterocycles. The van der Waals surface area contributed by atoms with E-state index in [-0.39, 0.29) is 5.56 Å². The standard InChI is InChI=1S/C19H24N6OS/c1-13(21-9-12-24-10-7-20-8-11-24)17-14(2)23-25(18(17)26)19-22-15-5-3-4-6-16(15)27-19/h3-6,20,23H,7-12H2,1-2H3/p+2. The summed E-state index contributed by atoms with van der Waals surface area (Å²) in [4.78, 5) is 23.9. The van der Waals surface area contributed by atoms with E-state index < -0.39 is 0 Å². The molecular weight excluding hydrogens is 360 g/mol. The van der Waals surface area contributed by atoms with Crippen LogP contribution in [0.3, 0.4) is 0 Å². The number of hydrogen-bond acceptors (Lipinski definition) is 4. The minimum Gasteiger partial charge on any atom is -0.337 e. The Kier molecular flexibility index (Phi) is 5.20. The van der Waals surface area contributed by atoms with Gasteiger partial charge in [0, 0.05) is 11.4 Å². The maximum Gasteiger partial charge on any atom is 0.282 e. The lowest BCUT2D eigenvalue weighted by atomic mass is 10.2. The van der Waals surface area contributed by atoms with Crippen molar-refractivity contribution in [3.05, 3.63) is 45.9 Å². The topological polar surface area (TPSA) is 84.1 Å². The third-order valence-corrected chi connectivity index (χ3v) is 6.15. The van der Waals surface area contributed by atoms with Crippen LogP contribution < -0.4 is 15.8 Å². The van der Waals surface area contributed by atoms with Crippen LogP contribution in [0.5, 0.6) is 0 Å². The second kappa shape index (κ2) is 7.75. The zero-order chi connectivity index (χ0) is 18.8. The smallest absolute Gasteiger partial charge is 0.282 e. The van der Waals surface area contributed by atoms with Gasteiger partial charge in [-0.3, -0.25) is 14.9 Å². The molecule has 1 saturated heterocycles. The second-order valence-electron chi connectivity index (χ2n) is 7.05. The van der Waals surface area contributed by atoms with Crippen LogP contribution in [0.4, 0.5) is 0 Å². The van der Waals surface area contributed by atoms with Gasteiger partial charge in [-0.2, -0.15) is 4.68 Å². The average molecular weight is 387 g/mol. The number of nitrogens with one attached hydrogen (secondary N) is 2. The van der Waals surface area contributed by atoms with Gasteiger partial charge in [-0.15, -0.1) is 0 Å². The molecule has 0 unspecified atom stereocenters. The Hall–Kier alpha value is -2.29. The number of para-hydroxylation sites is 1. The van der Waals surface area contributed by atoms with Crippen LogP contribution >= 0.6 is 11.3 Å². The van der Waals surface area contributed by atoms with E-state index in [1.165, 1.54) is 37.5 Å². The highest BCUT2D eigenvalue weighted by Gasteiger charge is 2.18. The first-order valence-corrected chi connectivity index (χ1v) is 10.3. The van der Waals surface area contributed by atoms with Crippen LogP contribution in [0, 0.1) is 6.92 Å². The van der Waals surface area contributed by atoms with Gasteiger partial charge in [0.25, 0.3) is 5.56 Å². The van der Waals surface area contributed by atoms with Crippen molar-refractivity contribution in [2.24, 2.45) is 4.99 Å². The van der Waals surface area contributed by atoms with E-state index in [0.717, 1.165) is 34.7 Å². The summed E-state index contributed by atoms with van der Waals surface area (Å²) in [5.41, 5.74) is 3.13. The Balaban J connectivity index is 1.56. The fraction of sp³-hybridized carbons (Fsp3) is 0.421. The maximum atomic E-state index is 13.0. The molecule has 7 nitrogen and oxygen atoms in total. The Morgan fingerprint density at radius 1 is 1.37 bits per heavy atom. The second-order valence-corrected chi connectivity index (χ2v) is 8.06. The summed E-state index contributed by atoms with van der Waals surface area (Å²) in [6, 6.07) is 7.92. The van der Waals surface area contributed by atoms with E-state index in [1.807, 2.05) is 38.1 Å². The normalized spacial score (nSPS) is 16.3. The molecule has 1 fully saturated rings. The summed E-state index contributed by atoms with van der Waals surface area (Å²) in [5.74, 6) is 0. The lowest BCUT2D eigenvalue weighted by Crippen LogP contribution is -3.20. The minimum atomic E-state index is -0.0762. The van der Waals surface area contributed by atoms with Gasteiger partial charge in [0.1, 0.15) is 26.2 Å². The molecule has 4 N–H and O–H groups in total. The average Bonchev–Trinajstić information content (AvgIpc) is 3.23. The molecule has 0 aliphatic carbocycles. The van der Waals surface area contributed by atoms with Gasteiger partial charge in [-0.1, -0.05) is 23.5 Å². The molecule has 2 aromatic heterocycles. The number of aromatic amines is 1. The number of piperazine rings is 1. The fourth-order valence-corrected chi connectivity index (χ4v) is 4.58. The van der Waals surface area contributed by atoms with Crippen LogP contribution in [0.25, 0.3) is 15.3 Å². The van der Waals surface area contributed by atoms with E-state index in [0.29, 0.717) is 10.7 Å². The van der Waals surface area contributed by atoms with Crippen LogP contribution in [0.2, 0.25) is 0 Å². The van der Waals surface area contributed by atoms with E-state index in [4.69, 9.17) is 4.99 Å². The van der Waals surface area contributed by atoms with Crippen molar-refractivity contribution in [2.45, 2.75) is 13.8 Å². The molecule has 1 aromatic carbocycles. The zero-order valence-corrected chi connectivity index (χ0v) is 16.6. The number of hydrogen-bond donors (Lipinski definition) is 3. The minimum absolute atomic E-state index is 0.0762. The largest absolute Gasteiger partial charge is 0.337 e. The maximum absolute atomic E-state index is 13.0. The van der Waals surface area contributed by atoms with Crippen molar-refractivity contribution in [1.29, 1.82) is 0 Å². The number of quaternary nitrogens is 2. The monoisotopic (exact) mass is 386 g/mol. The summed E-state index contributed by atoms with van der Waals surface area (Å²) in [7, 11) is 0. The first-order valence-electron chi connectivity index (χ1n) is 9.47. The Labute approximate surface area is 161 Å². The Bertz CT molecular complexity index is 991. The fourth-order valence-electron chi connectivity index (χ4n) is 3.66. The summed E-state index contributed by atoms with van der Waals surface area (Å²) >= 11 is 1.51. The van der Waals surface area contributed by atoms with E-state index in [1.54, 1.807) is 9.58 Å². The summed E-state index contributed by atoms with van der Waals surface area (Å²) < 4.78 is 2.61. The predicted octanol–water partition coefficient (Wildman–Crippen LogP) is -0.645. The van der Waals surface area contributed by atoms with Crippen LogP contribution in [-0.2, 0) is 0 Å². The van der Waals surface area contributed by atoms with Crippen molar-refractivity contribution >= 4 is 27.3 Å². The molecule has 1 aliphatic rings. The number of aryl methyl sites for hydroxylation is 1. The van der Waals surface area contributed by atoms with Gasteiger partial charge in [0.15, 0.2) is 0 Å². The molecule has 3 aromatic rings. The number of nitrogens with two attached hydrogens (primary N) is 1. The highest BCUT2D eigenvalue weighted by Crippen LogP contribution is 2.23. The van der Waals surface area contributed by atoms with Crippen molar-refractivity contribution in [2.75, 3.05) is 39.3 Å². The number of aromatic nitrogens is 3. The Morgan fingerprint density at radius 2 is 2.15 bits per heavy atom. The number of aliphatic imine (C=N–C) groups is 1. The molecule has 0 amide bonds. The van der Waals surface area contributed by atoms with Gasteiger partial charge >= 0.3 is 0 Å². The SMILES string of the molecule is CC(=NCC[NH+]1CC[NH2+]CC1)c1c(C)[nH]n(-c2nc3ccccc3s2)c1=O. The van der Waals surface area contributed by atoms with Gasteiger partial charge in [0.2, 0.25) is 5.13 Å². The summed E-state index contributed by atoms with van der Waals surface area (Å²) in [6.45, 7) is 10.4. The molecule has 4 rings (SSSR count). The molecule has 8 heteroatoms. The molecule has 0 saturated carbocycles. The van der Waals surface area contributed by atoms with Crippen molar-refractivity contribution in [3.63, 3.8) is 0 Å². The van der Waals surface area contributed by atoms with Crippen LogP contribution in [0.15, 0.2) is 34.1 Å². The van der Waals surface area contributed by atoms with Gasteiger partial charge in [-0.05, 0) is 26.0 Å². The lowest BCUT2D eigenvalue weighted by Gasteiger charge is -2.21. The van der Waals surface area contributed by atoms with Crippen molar-refractivity contribution < 1.29 is 10.2 Å². The van der Waals surface area contributed by atoms with Crippen LogP contribution in [-0.4, -0.2) is 59.7 Å². The lowest BCUT2D eigenvalue weighted by molar-refractivity contribution is -0.945. The quantitative estimate of drug-likeness (QED) is 0.510. The van der Waals surface area contributed by atoms with Gasteiger partial charge in [0.05, 0.1) is 28.9 Å². The number of nitrogens with zero attached hydrogens (tertiary/aromatic N) is 3. The highest BCUT2D eigenvalue weighted by atomic mass is 32.1. The van der Waals surface area contributed by atoms with E-state index in [2.05, 4.69) is 15.4 Å². The van der Waals surface area contributed by atoms with E-state index >= 15 is 0 Å². The molecule has 142 valence electrons.